The zero-order valence-electron chi connectivity index (χ0n) is 19.9. The molecule has 0 unspecified atom stereocenters. The number of aromatic nitrogens is 3. The van der Waals surface area contributed by atoms with Gasteiger partial charge < -0.3 is 15.1 Å². The smallest absolute Gasteiger partial charge is 0.272 e. The molecule has 7 nitrogen and oxygen atoms in total. The predicted molar refractivity (Wildman–Crippen MR) is 128 cm³/mol. The first kappa shape index (κ1) is 23.5. The highest BCUT2D eigenvalue weighted by Gasteiger charge is 2.24. The number of likely N-dealkylation sites (tertiary alicyclic amines) is 1. The number of hydrogen-bond acceptors (Lipinski definition) is 5. The first-order valence-corrected chi connectivity index (χ1v) is 12.3. The minimum absolute atomic E-state index is 0.0774. The van der Waals surface area contributed by atoms with Gasteiger partial charge in [0.05, 0.1) is 5.39 Å². The molecule has 7 heteroatoms. The van der Waals surface area contributed by atoms with Crippen LogP contribution in [0.3, 0.4) is 0 Å². The van der Waals surface area contributed by atoms with Crippen molar-refractivity contribution < 1.29 is 4.79 Å². The molecule has 2 saturated heterocycles. The van der Waals surface area contributed by atoms with Crippen LogP contribution in [0.5, 0.6) is 0 Å². The lowest BCUT2D eigenvalue weighted by molar-refractivity contribution is 0.0908. The summed E-state index contributed by atoms with van der Waals surface area (Å²) in [5, 5.41) is 8.56. The van der Waals surface area contributed by atoms with Crippen molar-refractivity contribution in [3.8, 4) is 0 Å². The molecule has 0 bridgehead atoms. The molecule has 0 aliphatic carbocycles. The third-order valence-electron chi connectivity index (χ3n) is 6.44. The predicted octanol–water partition coefficient (Wildman–Crippen LogP) is 3.98. The second-order valence-electron chi connectivity index (χ2n) is 8.45. The highest BCUT2D eigenvalue weighted by atomic mass is 16.2. The van der Waals surface area contributed by atoms with Crippen molar-refractivity contribution in [1.82, 2.24) is 25.0 Å². The monoisotopic (exact) mass is 428 g/mol. The molecule has 0 aromatic carbocycles. The maximum atomic E-state index is 12.9. The number of hydrogen-bond donors (Lipinski definition) is 1. The summed E-state index contributed by atoms with van der Waals surface area (Å²) in [7, 11) is 1.88. The summed E-state index contributed by atoms with van der Waals surface area (Å²) >= 11 is 0. The number of carbonyl (C=O) groups excluding carboxylic acids is 1. The average molecular weight is 429 g/mol. The molecule has 2 aromatic heterocycles. The Balaban J connectivity index is 0.00000132. The molecule has 1 N–H and O–H groups in total. The van der Waals surface area contributed by atoms with E-state index in [1.165, 1.54) is 32.1 Å². The number of rotatable bonds is 4. The van der Waals surface area contributed by atoms with Gasteiger partial charge in [-0.2, -0.15) is 5.10 Å². The van der Waals surface area contributed by atoms with E-state index in [0.29, 0.717) is 5.69 Å². The molecular formula is C24H40N6O. The van der Waals surface area contributed by atoms with Gasteiger partial charge in [0.1, 0.15) is 5.82 Å². The van der Waals surface area contributed by atoms with E-state index in [9.17, 15) is 4.79 Å². The Morgan fingerprint density at radius 2 is 1.68 bits per heavy atom. The number of amides is 1. The zero-order valence-corrected chi connectivity index (χ0v) is 19.9. The van der Waals surface area contributed by atoms with Crippen LogP contribution in [0.25, 0.3) is 11.0 Å². The van der Waals surface area contributed by atoms with Crippen molar-refractivity contribution in [3.63, 3.8) is 0 Å². The molecule has 0 spiro atoms. The van der Waals surface area contributed by atoms with E-state index >= 15 is 0 Å². The van der Waals surface area contributed by atoms with Crippen molar-refractivity contribution in [1.29, 1.82) is 0 Å². The van der Waals surface area contributed by atoms with E-state index in [1.54, 1.807) is 4.68 Å². The van der Waals surface area contributed by atoms with Gasteiger partial charge in [-0.25, -0.2) is 9.67 Å². The van der Waals surface area contributed by atoms with E-state index in [2.05, 4.69) is 33.2 Å². The maximum absolute atomic E-state index is 12.9. The maximum Gasteiger partial charge on any atom is 0.272 e. The lowest BCUT2D eigenvalue weighted by Crippen LogP contribution is -2.44. The molecule has 2 aliphatic rings. The molecule has 2 aliphatic heterocycles. The Morgan fingerprint density at radius 1 is 1.03 bits per heavy atom. The Labute approximate surface area is 187 Å². The molecule has 4 rings (SSSR count). The fourth-order valence-electron chi connectivity index (χ4n) is 4.59. The highest BCUT2D eigenvalue weighted by molar-refractivity contribution is 6.04. The lowest BCUT2D eigenvalue weighted by Gasteiger charge is -2.31. The number of carbonyl (C=O) groups is 1. The van der Waals surface area contributed by atoms with Crippen LogP contribution in [0.2, 0.25) is 0 Å². The summed E-state index contributed by atoms with van der Waals surface area (Å²) in [6.07, 6.45) is 8.38. The third-order valence-corrected chi connectivity index (χ3v) is 6.44. The number of aryl methyl sites for hydroxylation is 1. The van der Waals surface area contributed by atoms with Crippen LogP contribution < -0.4 is 10.2 Å². The normalized spacial score (nSPS) is 18.8. The second-order valence-corrected chi connectivity index (χ2v) is 8.45. The van der Waals surface area contributed by atoms with E-state index in [4.69, 9.17) is 4.98 Å². The van der Waals surface area contributed by atoms with Gasteiger partial charge >= 0.3 is 0 Å². The topological polar surface area (TPSA) is 66.3 Å². The minimum Gasteiger partial charge on any atom is -0.357 e. The summed E-state index contributed by atoms with van der Waals surface area (Å²) in [5.41, 5.74) is 1.28. The number of piperidine rings is 1. The van der Waals surface area contributed by atoms with Gasteiger partial charge in [-0.05, 0) is 44.4 Å². The van der Waals surface area contributed by atoms with Crippen molar-refractivity contribution in [2.24, 2.45) is 7.05 Å². The number of anilines is 1. The molecule has 0 saturated carbocycles. The van der Waals surface area contributed by atoms with Crippen LogP contribution >= 0.6 is 0 Å². The SMILES string of the molecule is CC.CCN1CCC(NC(=O)c2nn(C)c3nc(N4CCCCCCC4)ccc23)CC1. The van der Waals surface area contributed by atoms with Crippen molar-refractivity contribution in [3.05, 3.63) is 17.8 Å². The Hall–Kier alpha value is -2.15. The van der Waals surface area contributed by atoms with Crippen LogP contribution in [-0.2, 0) is 7.05 Å². The van der Waals surface area contributed by atoms with Gasteiger partial charge in [0.2, 0.25) is 0 Å². The first-order chi connectivity index (χ1) is 15.2. The summed E-state index contributed by atoms with van der Waals surface area (Å²) < 4.78 is 1.75. The zero-order chi connectivity index (χ0) is 22.2. The van der Waals surface area contributed by atoms with E-state index < -0.39 is 0 Å². The van der Waals surface area contributed by atoms with Crippen LogP contribution in [0, 0.1) is 0 Å². The molecule has 2 aromatic rings. The molecular weight excluding hydrogens is 388 g/mol. The van der Waals surface area contributed by atoms with E-state index in [-0.39, 0.29) is 11.9 Å². The summed E-state index contributed by atoms with van der Waals surface area (Å²) in [6, 6.07) is 4.32. The fraction of sp³-hybridized carbons (Fsp3) is 0.708. The van der Waals surface area contributed by atoms with Crippen molar-refractivity contribution in [2.45, 2.75) is 71.8 Å². The van der Waals surface area contributed by atoms with Gasteiger partial charge in [-0.1, -0.05) is 40.0 Å². The van der Waals surface area contributed by atoms with Crippen LogP contribution in [0.15, 0.2) is 12.1 Å². The summed E-state index contributed by atoms with van der Waals surface area (Å²) in [4.78, 5) is 22.6. The van der Waals surface area contributed by atoms with Crippen LogP contribution in [0.4, 0.5) is 5.82 Å². The molecule has 0 atom stereocenters. The molecule has 172 valence electrons. The molecule has 0 radical (unpaired) electrons. The second kappa shape index (κ2) is 11.5. The Kier molecular flexibility index (Phi) is 8.69. The van der Waals surface area contributed by atoms with Gasteiger partial charge in [0, 0.05) is 39.3 Å². The molecule has 1 amide bonds. The minimum atomic E-state index is -0.0774. The summed E-state index contributed by atoms with van der Waals surface area (Å²) in [6.45, 7) is 11.5. The van der Waals surface area contributed by atoms with Crippen LogP contribution in [-0.4, -0.2) is 64.3 Å². The van der Waals surface area contributed by atoms with Crippen molar-refractivity contribution >= 4 is 22.8 Å². The fourth-order valence-corrected chi connectivity index (χ4v) is 4.59. The van der Waals surface area contributed by atoms with Gasteiger partial charge in [-0.3, -0.25) is 4.79 Å². The van der Waals surface area contributed by atoms with Gasteiger partial charge in [-0.15, -0.1) is 0 Å². The molecule has 31 heavy (non-hydrogen) atoms. The van der Waals surface area contributed by atoms with E-state index in [0.717, 1.165) is 62.4 Å². The average Bonchev–Trinajstić information content (AvgIpc) is 3.11. The largest absolute Gasteiger partial charge is 0.357 e. The highest BCUT2D eigenvalue weighted by Crippen LogP contribution is 2.23. The number of nitrogens with one attached hydrogen (secondary N) is 1. The standard InChI is InChI=1S/C22H34N6O.C2H6/c1-3-27-15-11-17(12-16-27)23-22(29)20-18-9-10-19(24-21(18)26(2)25-20)28-13-7-5-4-6-8-14-28;1-2/h9-10,17H,3-8,11-16H2,1-2H3,(H,23,29);1-2H3. The summed E-state index contributed by atoms with van der Waals surface area (Å²) in [5.74, 6) is 0.924. The molecule has 4 heterocycles. The number of pyridine rings is 1. The lowest BCUT2D eigenvalue weighted by atomic mass is 10.0. The van der Waals surface area contributed by atoms with E-state index in [1.807, 2.05) is 27.0 Å². The number of fused-ring (bicyclic) bond motifs is 1. The Bertz CT molecular complexity index is 832. The van der Waals surface area contributed by atoms with Crippen LogP contribution in [0.1, 0.15) is 76.2 Å². The van der Waals surface area contributed by atoms with Gasteiger partial charge in [0.25, 0.3) is 5.91 Å². The quantitative estimate of drug-likeness (QED) is 0.798. The number of nitrogens with zero attached hydrogens (tertiary/aromatic N) is 5. The van der Waals surface area contributed by atoms with Crippen molar-refractivity contribution in [2.75, 3.05) is 37.6 Å². The third kappa shape index (κ3) is 5.76. The first-order valence-electron chi connectivity index (χ1n) is 12.3. The Morgan fingerprint density at radius 3 is 2.32 bits per heavy atom. The molecule has 2 fully saturated rings. The van der Waals surface area contributed by atoms with Gasteiger partial charge in [0.15, 0.2) is 11.3 Å².